The highest BCUT2D eigenvalue weighted by Gasteiger charge is 2.42. The van der Waals surface area contributed by atoms with Crippen molar-refractivity contribution in [2.75, 3.05) is 6.61 Å². The Morgan fingerprint density at radius 2 is 0.808 bits per heavy atom. The first-order valence-corrected chi connectivity index (χ1v) is 43.4. The summed E-state index contributed by atoms with van der Waals surface area (Å²) in [5, 5.41) is 55.9. The van der Waals surface area contributed by atoms with Crippen molar-refractivity contribution in [2.45, 2.75) is 343 Å². The van der Waals surface area contributed by atoms with Crippen LogP contribution in [0.2, 0.25) is 0 Å². The molecule has 0 saturated carbocycles. The number of hydrogen-bond acceptors (Lipinski definition) is 22. The number of primary amides is 4. The van der Waals surface area contributed by atoms with Gasteiger partial charge in [-0.3, -0.25) is 91.1 Å². The molecule has 1 aliphatic rings. The van der Waals surface area contributed by atoms with Crippen molar-refractivity contribution >= 4 is 118 Å². The lowest BCUT2D eigenvalue weighted by molar-refractivity contribution is -0.152. The fourth-order valence-corrected chi connectivity index (χ4v) is 13.2. The van der Waals surface area contributed by atoms with Crippen LogP contribution in [0.5, 0.6) is 0 Å². The summed E-state index contributed by atoms with van der Waals surface area (Å²) in [5.74, 6) is -25.2. The predicted molar refractivity (Wildman–Crippen MR) is 459 cm³/mol. The first-order valence-electron chi connectivity index (χ1n) is 43.4. The number of nitrogens with two attached hydrogens (primary N) is 4. The number of carboxylic acids is 1. The Labute approximate surface area is 732 Å². The number of esters is 1. The molecule has 16 atom stereocenters. The molecule has 708 valence electrons. The number of amides is 18. The number of allylic oxidation sites excluding steroid dienone is 1. The molecule has 18 amide bonds. The van der Waals surface area contributed by atoms with E-state index >= 15 is 9.59 Å². The number of rotatable bonds is 49. The quantitative estimate of drug-likeness (QED) is 0.0192. The van der Waals surface area contributed by atoms with Crippen LogP contribution in [0.1, 0.15) is 253 Å². The third kappa shape index (κ3) is 45.0. The standard InChI is InChI=1S/C84H144N18O23/c1-18-20-21-22-23-24-50(103)40-66(108)89-56(35-42(3)4)76(116)94-55(29-34-67(109)110)71(111)90-53(27-32-64(87)106)74(114)100-68(47(13)14)82(122)97-59(38-45(9)10)79(119)92-52(26-31-63(86)105)73(113)99-61-41-125-84(124)70(49(17)19-2)102-75(115)54(28-33-65(88)107)93-77(117)57(36-43(5)6)95-72(112)51(25-30-62(85)104)91-78(118)58(37-44(7)8)96-80(120)60(39-46(11)12)98-83(123)69(48(15)16)101-81(61)121/h22-23,42-61,68-70,103H,18-21,24-41H2,1-17H3,(H2,85,104)(H2,86,105)(H2,87,106)(H2,88,107)(H,89,108)(H,90,111)(H,91,118)(H,92,119)(H,93,117)(H,94,116)(H,95,112)(H,96,120)(H,97,122)(H,98,123)(H,99,113)(H,100,114)(H,101,121)(H,102,115)(H,109,110)/b23-22+/t49?,50?,51?,52-,53-,54?,55-,56-,57?,58?,59-,60?,61?,68-,69?,70?/m0/s1. The van der Waals surface area contributed by atoms with Gasteiger partial charge in [0.15, 0.2) is 0 Å². The first kappa shape index (κ1) is 112. The number of aliphatic carboxylic acids is 1. The van der Waals surface area contributed by atoms with Gasteiger partial charge >= 0.3 is 11.9 Å². The van der Waals surface area contributed by atoms with Gasteiger partial charge in [0.2, 0.25) is 106 Å². The smallest absolute Gasteiger partial charge is 0.329 e. The largest absolute Gasteiger partial charge is 0.481 e. The van der Waals surface area contributed by atoms with Gasteiger partial charge in [0.05, 0.1) is 12.5 Å². The zero-order valence-corrected chi connectivity index (χ0v) is 75.8. The normalized spacial score (nSPS) is 20.7. The first-order chi connectivity index (χ1) is 58.3. The molecule has 0 spiro atoms. The SMILES string of the molecule is CCCC/C=C/CC(O)CC(=O)N[C@@H](CC(C)C)C(=O)N[C@@H](CCC(=O)O)C(=O)N[C@@H](CCC(N)=O)C(=O)N[C@H](C(=O)N[C@@H](CC(C)C)C(=O)N[C@@H](CCC(N)=O)C(=O)NC1COC(=O)C(C(C)CC)NC(=O)C(CCC(N)=O)NC(=O)C(CC(C)C)NC(=O)C(CCC(N)=O)NC(=O)C(CC(C)C)NC(=O)C(CC(C)C)NC(=O)C(C(C)C)NC1=O)C(C)C. The fourth-order valence-electron chi connectivity index (χ4n) is 13.2. The number of aliphatic hydroxyl groups is 1. The van der Waals surface area contributed by atoms with E-state index in [9.17, 15) is 96.5 Å². The van der Waals surface area contributed by atoms with Crippen LogP contribution >= 0.6 is 0 Å². The summed E-state index contributed by atoms with van der Waals surface area (Å²) in [5.41, 5.74) is 22.2. The zero-order chi connectivity index (χ0) is 95.4. The summed E-state index contributed by atoms with van der Waals surface area (Å²) in [6, 6.07) is -23.0. The van der Waals surface area contributed by atoms with Crippen LogP contribution in [0.25, 0.3) is 0 Å². The van der Waals surface area contributed by atoms with Gasteiger partial charge in [0.25, 0.3) is 0 Å². The molecule has 1 aliphatic heterocycles. The number of aliphatic hydroxyl groups excluding tert-OH is 1. The molecule has 0 aromatic heterocycles. The summed E-state index contributed by atoms with van der Waals surface area (Å²) >= 11 is 0. The molecule has 24 N–H and O–H groups in total. The Hall–Kier alpha value is -10.9. The molecule has 0 aromatic carbocycles. The van der Waals surface area contributed by atoms with Crippen LogP contribution in [0, 0.1) is 47.3 Å². The Morgan fingerprint density at radius 1 is 0.432 bits per heavy atom. The van der Waals surface area contributed by atoms with E-state index in [0.717, 1.165) is 19.3 Å². The van der Waals surface area contributed by atoms with Crippen molar-refractivity contribution in [2.24, 2.45) is 70.3 Å². The lowest BCUT2D eigenvalue weighted by atomic mass is 9.98. The van der Waals surface area contributed by atoms with Crippen molar-refractivity contribution in [3.8, 4) is 0 Å². The predicted octanol–water partition coefficient (Wildman–Crippen LogP) is -1.27. The Balaban J connectivity index is 4.23. The van der Waals surface area contributed by atoms with Gasteiger partial charge in [-0.2, -0.15) is 0 Å². The summed E-state index contributed by atoms with van der Waals surface area (Å²) in [6.45, 7) is 27.1. The van der Waals surface area contributed by atoms with Crippen molar-refractivity contribution in [3.05, 3.63) is 12.2 Å². The average Bonchev–Trinajstić information content (AvgIpc) is 1.13. The van der Waals surface area contributed by atoms with Gasteiger partial charge in [0.1, 0.15) is 91.2 Å². The molecule has 0 aliphatic carbocycles. The lowest BCUT2D eigenvalue weighted by Crippen LogP contribution is -2.62. The minimum atomic E-state index is -2.10. The zero-order valence-electron chi connectivity index (χ0n) is 75.8. The highest BCUT2D eigenvalue weighted by atomic mass is 16.5. The molecule has 1 heterocycles. The van der Waals surface area contributed by atoms with E-state index in [2.05, 4.69) is 74.4 Å². The Bertz CT molecular complexity index is 3680. The Kier molecular flexibility index (Phi) is 51.6. The highest BCUT2D eigenvalue weighted by Crippen LogP contribution is 2.19. The van der Waals surface area contributed by atoms with Crippen molar-refractivity contribution in [1.82, 2.24) is 74.4 Å². The topological polar surface area (TPSA) is 664 Å². The van der Waals surface area contributed by atoms with Gasteiger partial charge < -0.3 is 112 Å². The van der Waals surface area contributed by atoms with E-state index in [0.29, 0.717) is 0 Å². The van der Waals surface area contributed by atoms with E-state index in [1.54, 1.807) is 82.2 Å². The summed E-state index contributed by atoms with van der Waals surface area (Å²) in [7, 11) is 0. The maximum Gasteiger partial charge on any atom is 0.329 e. The van der Waals surface area contributed by atoms with Gasteiger partial charge in [-0.05, 0) is 124 Å². The number of carbonyl (C=O) groups excluding carboxylic acids is 19. The highest BCUT2D eigenvalue weighted by molar-refractivity contribution is 6.01. The van der Waals surface area contributed by atoms with E-state index < -0.39 is 303 Å². The molecule has 1 rings (SSSR count). The minimum absolute atomic E-state index is 0.0211. The van der Waals surface area contributed by atoms with Gasteiger partial charge in [-0.1, -0.05) is 149 Å². The third-order valence-electron chi connectivity index (χ3n) is 20.3. The van der Waals surface area contributed by atoms with Gasteiger partial charge in [-0.15, -0.1) is 0 Å². The molecular weight excluding hydrogens is 1630 g/mol. The van der Waals surface area contributed by atoms with Crippen LogP contribution in [0.4, 0.5) is 0 Å². The number of carboxylic acid groups (broad SMARTS) is 1. The summed E-state index contributed by atoms with van der Waals surface area (Å²) < 4.78 is 5.79. The monoisotopic (exact) mass is 1770 g/mol. The molecule has 41 heteroatoms. The molecule has 0 bridgehead atoms. The number of hydrogen-bond donors (Lipinski definition) is 20. The van der Waals surface area contributed by atoms with Crippen LogP contribution in [0.3, 0.4) is 0 Å². The summed E-state index contributed by atoms with van der Waals surface area (Å²) in [6.07, 6.45) is -0.872. The van der Waals surface area contributed by atoms with Crippen LogP contribution in [-0.2, 0) is 101 Å². The number of cyclic esters (lactones) is 1. The third-order valence-corrected chi connectivity index (χ3v) is 20.3. The van der Waals surface area contributed by atoms with E-state index in [1.165, 1.54) is 34.6 Å². The van der Waals surface area contributed by atoms with E-state index in [-0.39, 0.29) is 75.0 Å². The molecule has 125 heavy (non-hydrogen) atoms. The van der Waals surface area contributed by atoms with Gasteiger partial charge in [-0.25, -0.2) is 4.79 Å². The maximum absolute atomic E-state index is 15.1. The summed E-state index contributed by atoms with van der Waals surface area (Å²) in [4.78, 5) is 280. The van der Waals surface area contributed by atoms with Crippen LogP contribution < -0.4 is 97.4 Å². The molecule has 1 saturated heterocycles. The second-order valence-corrected chi connectivity index (χ2v) is 35.0. The lowest BCUT2D eigenvalue weighted by Gasteiger charge is -2.30. The second kappa shape index (κ2) is 57.6. The second-order valence-electron chi connectivity index (χ2n) is 35.0. The minimum Gasteiger partial charge on any atom is -0.481 e. The van der Waals surface area contributed by atoms with E-state index in [1.807, 2.05) is 13.0 Å². The molecular formula is C84H144N18O23. The molecule has 10 unspecified atom stereocenters. The molecule has 1 fully saturated rings. The number of nitrogens with one attached hydrogen (secondary N) is 14. The maximum atomic E-state index is 15.1. The van der Waals surface area contributed by atoms with E-state index in [4.69, 9.17) is 27.7 Å². The van der Waals surface area contributed by atoms with Crippen molar-refractivity contribution < 1.29 is 111 Å². The number of ether oxygens (including phenoxy) is 1. The molecule has 0 radical (unpaired) electrons. The number of unbranched alkanes of at least 4 members (excludes halogenated alkanes) is 2. The number of carbonyl (C=O) groups is 20. The molecule has 41 nitrogen and oxygen atoms in total. The van der Waals surface area contributed by atoms with Gasteiger partial charge in [0, 0.05) is 32.1 Å². The molecule has 0 aromatic rings. The van der Waals surface area contributed by atoms with Crippen molar-refractivity contribution in [3.63, 3.8) is 0 Å². The fraction of sp³-hybridized carbons (Fsp3) is 0.738. The van der Waals surface area contributed by atoms with Crippen LogP contribution in [-0.4, -0.2) is 226 Å². The average molecular weight is 1770 g/mol. The van der Waals surface area contributed by atoms with Crippen molar-refractivity contribution in [1.29, 1.82) is 0 Å². The Morgan fingerprint density at radius 3 is 1.21 bits per heavy atom. The van der Waals surface area contributed by atoms with Crippen LogP contribution in [0.15, 0.2) is 12.2 Å².